The van der Waals surface area contributed by atoms with Crippen LogP contribution in [0.2, 0.25) is 0 Å². The van der Waals surface area contributed by atoms with Gasteiger partial charge in [0.15, 0.2) is 9.84 Å². The van der Waals surface area contributed by atoms with E-state index in [9.17, 15) is 13.2 Å². The second-order valence-corrected chi connectivity index (χ2v) is 9.30. The van der Waals surface area contributed by atoms with Gasteiger partial charge >= 0.3 is 0 Å². The van der Waals surface area contributed by atoms with Gasteiger partial charge in [0, 0.05) is 18.3 Å². The van der Waals surface area contributed by atoms with E-state index in [-0.39, 0.29) is 35.1 Å². The minimum atomic E-state index is -2.89. The Kier molecular flexibility index (Phi) is 9.12. The first-order valence-corrected chi connectivity index (χ1v) is 10.7. The second-order valence-electron chi connectivity index (χ2n) is 5.78. The molecule has 0 radical (unpaired) electrons. The highest BCUT2D eigenvalue weighted by Crippen LogP contribution is 2.24. The molecular formula is C16H25ClN2O3S2. The van der Waals surface area contributed by atoms with E-state index >= 15 is 0 Å². The molecule has 0 aromatic heterocycles. The van der Waals surface area contributed by atoms with Gasteiger partial charge in [0.25, 0.3) is 0 Å². The number of carbonyl (C=O) groups excluding carboxylic acids is 1. The zero-order chi connectivity index (χ0) is 16.7. The molecule has 1 atom stereocenters. The third kappa shape index (κ3) is 7.01. The SMILES string of the molecule is Cl.NCCCN(Cc1ccccc1)C(=O)CSC1CCS(=O)(=O)C1. The third-order valence-electron chi connectivity index (χ3n) is 3.83. The normalized spacial score (nSPS) is 18.8. The number of amides is 1. The molecule has 8 heteroatoms. The average molecular weight is 393 g/mol. The molecule has 0 aliphatic carbocycles. The second kappa shape index (κ2) is 10.3. The summed E-state index contributed by atoms with van der Waals surface area (Å²) in [4.78, 5) is 14.3. The lowest BCUT2D eigenvalue weighted by Crippen LogP contribution is -2.34. The minimum absolute atomic E-state index is 0. The molecule has 1 aromatic rings. The number of hydrogen-bond acceptors (Lipinski definition) is 5. The molecule has 0 bridgehead atoms. The van der Waals surface area contributed by atoms with E-state index in [0.29, 0.717) is 31.8 Å². The van der Waals surface area contributed by atoms with Crippen molar-refractivity contribution >= 4 is 39.9 Å². The highest BCUT2D eigenvalue weighted by Gasteiger charge is 2.29. The van der Waals surface area contributed by atoms with E-state index in [4.69, 9.17) is 5.73 Å². The Balaban J connectivity index is 0.00000288. The number of benzene rings is 1. The van der Waals surface area contributed by atoms with Crippen molar-refractivity contribution in [2.45, 2.75) is 24.6 Å². The maximum Gasteiger partial charge on any atom is 0.232 e. The molecule has 1 amide bonds. The van der Waals surface area contributed by atoms with Crippen LogP contribution in [0.15, 0.2) is 30.3 Å². The first kappa shape index (κ1) is 21.3. The van der Waals surface area contributed by atoms with E-state index < -0.39 is 9.84 Å². The monoisotopic (exact) mass is 392 g/mol. The summed E-state index contributed by atoms with van der Waals surface area (Å²) in [5, 5.41) is 0.0528. The van der Waals surface area contributed by atoms with Crippen molar-refractivity contribution in [2.75, 3.05) is 30.3 Å². The quantitative estimate of drug-likeness (QED) is 0.728. The van der Waals surface area contributed by atoms with Crippen molar-refractivity contribution in [3.63, 3.8) is 0 Å². The lowest BCUT2D eigenvalue weighted by molar-refractivity contribution is -0.129. The molecule has 24 heavy (non-hydrogen) atoms. The predicted molar refractivity (Wildman–Crippen MR) is 102 cm³/mol. The Morgan fingerprint density at radius 2 is 2.00 bits per heavy atom. The summed E-state index contributed by atoms with van der Waals surface area (Å²) < 4.78 is 23.0. The van der Waals surface area contributed by atoms with Crippen LogP contribution in [0.5, 0.6) is 0 Å². The van der Waals surface area contributed by atoms with Crippen LogP contribution >= 0.6 is 24.2 Å². The van der Waals surface area contributed by atoms with Crippen molar-refractivity contribution in [1.82, 2.24) is 4.90 Å². The van der Waals surface area contributed by atoms with Crippen LogP contribution in [0.4, 0.5) is 0 Å². The zero-order valence-corrected chi connectivity index (χ0v) is 16.0. The summed E-state index contributed by atoms with van der Waals surface area (Å²) in [6.07, 6.45) is 1.42. The van der Waals surface area contributed by atoms with Gasteiger partial charge in [0.05, 0.1) is 17.3 Å². The van der Waals surface area contributed by atoms with Gasteiger partial charge in [-0.05, 0) is 24.9 Å². The predicted octanol–water partition coefficient (Wildman–Crippen LogP) is 1.71. The molecule has 1 aliphatic rings. The molecule has 2 N–H and O–H groups in total. The Hall–Kier alpha value is -0.760. The van der Waals surface area contributed by atoms with Crippen molar-refractivity contribution in [3.8, 4) is 0 Å². The molecule has 0 saturated carbocycles. The summed E-state index contributed by atoms with van der Waals surface area (Å²) >= 11 is 1.47. The smallest absolute Gasteiger partial charge is 0.232 e. The topological polar surface area (TPSA) is 80.5 Å². The number of thioether (sulfide) groups is 1. The largest absolute Gasteiger partial charge is 0.338 e. The molecule has 2 rings (SSSR count). The molecule has 5 nitrogen and oxygen atoms in total. The number of nitrogens with zero attached hydrogens (tertiary/aromatic N) is 1. The van der Waals surface area contributed by atoms with Crippen LogP contribution in [-0.2, 0) is 21.2 Å². The van der Waals surface area contributed by atoms with E-state index in [0.717, 1.165) is 12.0 Å². The molecule has 1 aliphatic heterocycles. The Morgan fingerprint density at radius 1 is 1.29 bits per heavy atom. The zero-order valence-electron chi connectivity index (χ0n) is 13.6. The standard InChI is InChI=1S/C16H24N2O3S2.ClH/c17-8-4-9-18(11-14-5-2-1-3-6-14)16(19)12-22-15-7-10-23(20,21)13-15;/h1-3,5-6,15H,4,7-13,17H2;1H. The van der Waals surface area contributed by atoms with E-state index in [1.807, 2.05) is 35.2 Å². The van der Waals surface area contributed by atoms with Crippen LogP contribution in [-0.4, -0.2) is 54.8 Å². The third-order valence-corrected chi connectivity index (χ3v) is 7.10. The van der Waals surface area contributed by atoms with E-state index in [1.54, 1.807) is 0 Å². The van der Waals surface area contributed by atoms with Gasteiger partial charge in [-0.2, -0.15) is 0 Å². The van der Waals surface area contributed by atoms with Crippen molar-refractivity contribution in [1.29, 1.82) is 0 Å². The Labute approximate surface area is 154 Å². The minimum Gasteiger partial charge on any atom is -0.338 e. The number of hydrogen-bond donors (Lipinski definition) is 1. The van der Waals surface area contributed by atoms with Crippen LogP contribution in [0.1, 0.15) is 18.4 Å². The van der Waals surface area contributed by atoms with Gasteiger partial charge in [0.2, 0.25) is 5.91 Å². The maximum absolute atomic E-state index is 12.5. The van der Waals surface area contributed by atoms with Crippen LogP contribution < -0.4 is 5.73 Å². The maximum atomic E-state index is 12.5. The van der Waals surface area contributed by atoms with Gasteiger partial charge in [-0.15, -0.1) is 24.2 Å². The number of halogens is 1. The summed E-state index contributed by atoms with van der Waals surface area (Å²) in [5.41, 5.74) is 6.65. The average Bonchev–Trinajstić information content (AvgIpc) is 2.89. The Morgan fingerprint density at radius 3 is 2.58 bits per heavy atom. The van der Waals surface area contributed by atoms with Crippen molar-refractivity contribution < 1.29 is 13.2 Å². The summed E-state index contributed by atoms with van der Waals surface area (Å²) in [5.74, 6) is 0.834. The van der Waals surface area contributed by atoms with Crippen LogP contribution in [0.3, 0.4) is 0 Å². The molecule has 1 fully saturated rings. The van der Waals surface area contributed by atoms with Gasteiger partial charge < -0.3 is 10.6 Å². The van der Waals surface area contributed by atoms with E-state index in [1.165, 1.54) is 11.8 Å². The van der Waals surface area contributed by atoms with Crippen molar-refractivity contribution in [2.24, 2.45) is 5.73 Å². The van der Waals surface area contributed by atoms with Crippen molar-refractivity contribution in [3.05, 3.63) is 35.9 Å². The summed E-state index contributed by atoms with van der Waals surface area (Å²) in [7, 11) is -2.89. The van der Waals surface area contributed by atoms with Gasteiger partial charge in [0.1, 0.15) is 0 Å². The molecule has 1 heterocycles. The molecule has 1 saturated heterocycles. The lowest BCUT2D eigenvalue weighted by atomic mass is 10.2. The number of rotatable bonds is 8. The fourth-order valence-corrected chi connectivity index (χ4v) is 6.10. The van der Waals surface area contributed by atoms with Crippen LogP contribution in [0, 0.1) is 0 Å². The highest BCUT2D eigenvalue weighted by atomic mass is 35.5. The van der Waals surface area contributed by atoms with E-state index in [2.05, 4.69) is 0 Å². The van der Waals surface area contributed by atoms with Gasteiger partial charge in [-0.1, -0.05) is 30.3 Å². The molecule has 1 aromatic carbocycles. The highest BCUT2D eigenvalue weighted by molar-refractivity contribution is 8.02. The summed E-state index contributed by atoms with van der Waals surface area (Å²) in [6, 6.07) is 9.86. The number of sulfone groups is 1. The summed E-state index contributed by atoms with van der Waals surface area (Å²) in [6.45, 7) is 1.75. The first-order chi connectivity index (χ1) is 11.0. The lowest BCUT2D eigenvalue weighted by Gasteiger charge is -2.23. The van der Waals surface area contributed by atoms with Gasteiger partial charge in [-0.25, -0.2) is 8.42 Å². The number of nitrogens with two attached hydrogens (primary N) is 1. The molecule has 0 spiro atoms. The fourth-order valence-electron chi connectivity index (χ4n) is 2.55. The van der Waals surface area contributed by atoms with Gasteiger partial charge in [-0.3, -0.25) is 4.79 Å². The number of carbonyl (C=O) groups is 1. The molecular weight excluding hydrogens is 368 g/mol. The van der Waals surface area contributed by atoms with Crippen LogP contribution in [0.25, 0.3) is 0 Å². The Bertz CT molecular complexity index is 611. The first-order valence-electron chi connectivity index (χ1n) is 7.84. The molecule has 1 unspecified atom stereocenters. The molecule has 136 valence electrons. The fraction of sp³-hybridized carbons (Fsp3) is 0.562.